The Morgan fingerprint density at radius 3 is 2.28 bits per heavy atom. The molecular formula is C19H23O5P. The van der Waals surface area contributed by atoms with Gasteiger partial charge in [0.2, 0.25) is 0 Å². The smallest absolute Gasteiger partial charge is 0.307 e. The molecule has 2 atom stereocenters. The average molecular weight is 362 g/mol. The molecule has 0 radical (unpaired) electrons. The van der Waals surface area contributed by atoms with E-state index in [0.29, 0.717) is 17.5 Å². The Morgan fingerprint density at radius 2 is 1.76 bits per heavy atom. The standard InChI is InChI=1S/C19H23O5P/c1-11-6-15(19(3,23)25-24)7-12(2)16(11)9-13-4-5-17(20)14(8-13)10-18(21)22/h4-8,20,23H,9-10,25H2,1-3H3,(H,21,22). The van der Waals surface area contributed by atoms with Gasteiger partial charge in [0.1, 0.15) is 11.1 Å². The number of phenolic OH excluding ortho intramolecular Hbond substituents is 1. The van der Waals surface area contributed by atoms with Crippen LogP contribution in [-0.2, 0) is 27.5 Å². The van der Waals surface area contributed by atoms with Gasteiger partial charge in [-0.1, -0.05) is 24.3 Å². The summed E-state index contributed by atoms with van der Waals surface area (Å²) in [5, 5.41) is 27.6. The lowest BCUT2D eigenvalue weighted by Gasteiger charge is -2.21. The molecule has 134 valence electrons. The molecule has 0 saturated heterocycles. The Kier molecular flexibility index (Phi) is 5.71. The summed E-state index contributed by atoms with van der Waals surface area (Å²) >= 11 is 0. The van der Waals surface area contributed by atoms with E-state index in [0.717, 1.165) is 22.3 Å². The van der Waals surface area contributed by atoms with Gasteiger partial charge in [-0.05, 0) is 61.1 Å². The number of aliphatic hydroxyl groups is 1. The van der Waals surface area contributed by atoms with Crippen LogP contribution < -0.4 is 0 Å². The van der Waals surface area contributed by atoms with Crippen LogP contribution in [0.4, 0.5) is 0 Å². The largest absolute Gasteiger partial charge is 0.508 e. The summed E-state index contributed by atoms with van der Waals surface area (Å²) < 4.78 is 11.3. The highest BCUT2D eigenvalue weighted by Gasteiger charge is 2.22. The second kappa shape index (κ2) is 7.42. The second-order valence-electron chi connectivity index (χ2n) is 6.56. The van der Waals surface area contributed by atoms with E-state index >= 15 is 0 Å². The van der Waals surface area contributed by atoms with Crippen molar-refractivity contribution in [1.82, 2.24) is 0 Å². The average Bonchev–Trinajstić information content (AvgIpc) is 2.53. The first-order valence-corrected chi connectivity index (χ1v) is 9.01. The van der Waals surface area contributed by atoms with Gasteiger partial charge in [-0.15, -0.1) is 0 Å². The van der Waals surface area contributed by atoms with Crippen LogP contribution >= 0.6 is 8.46 Å². The van der Waals surface area contributed by atoms with E-state index in [4.69, 9.17) is 5.11 Å². The lowest BCUT2D eigenvalue weighted by molar-refractivity contribution is -0.136. The maximum Gasteiger partial charge on any atom is 0.307 e. The molecule has 0 saturated carbocycles. The number of aryl methyl sites for hydroxylation is 2. The van der Waals surface area contributed by atoms with Crippen molar-refractivity contribution >= 4 is 14.4 Å². The fourth-order valence-electron chi connectivity index (χ4n) is 2.89. The molecule has 6 heteroatoms. The summed E-state index contributed by atoms with van der Waals surface area (Å²) in [6.07, 6.45) is 0.350. The van der Waals surface area contributed by atoms with E-state index in [1.807, 2.05) is 26.0 Å². The molecule has 0 aliphatic rings. The van der Waals surface area contributed by atoms with Crippen molar-refractivity contribution in [1.29, 1.82) is 0 Å². The SMILES string of the molecule is Cc1cc(C(C)(O)[PH2]=O)cc(C)c1Cc1ccc(O)c(CC(=O)O)c1. The minimum atomic E-state index is -1.36. The minimum absolute atomic E-state index is 0.0237. The molecule has 0 spiro atoms. The fraction of sp³-hybridized carbons (Fsp3) is 0.316. The molecule has 0 fully saturated rings. The van der Waals surface area contributed by atoms with Crippen molar-refractivity contribution in [2.45, 2.75) is 39.0 Å². The summed E-state index contributed by atoms with van der Waals surface area (Å²) in [7, 11) is -1.36. The summed E-state index contributed by atoms with van der Waals surface area (Å²) in [4.78, 5) is 10.9. The van der Waals surface area contributed by atoms with E-state index in [2.05, 4.69) is 0 Å². The van der Waals surface area contributed by atoms with Crippen LogP contribution in [0.5, 0.6) is 5.75 Å². The zero-order valence-electron chi connectivity index (χ0n) is 14.5. The first kappa shape index (κ1) is 19.2. The maximum atomic E-state index is 11.3. The molecular weight excluding hydrogens is 339 g/mol. The summed E-state index contributed by atoms with van der Waals surface area (Å²) in [5.74, 6) is -1.02. The first-order chi connectivity index (χ1) is 11.6. The molecule has 0 aliphatic carbocycles. The number of carbonyl (C=O) groups is 1. The maximum absolute atomic E-state index is 11.3. The zero-order chi connectivity index (χ0) is 18.8. The van der Waals surface area contributed by atoms with Crippen LogP contribution in [0.3, 0.4) is 0 Å². The first-order valence-electron chi connectivity index (χ1n) is 7.96. The van der Waals surface area contributed by atoms with Gasteiger partial charge >= 0.3 is 5.97 Å². The van der Waals surface area contributed by atoms with Gasteiger partial charge in [0, 0.05) is 5.56 Å². The van der Waals surface area contributed by atoms with Gasteiger partial charge in [0.25, 0.3) is 0 Å². The van der Waals surface area contributed by atoms with E-state index < -0.39 is 19.8 Å². The highest BCUT2D eigenvalue weighted by atomic mass is 31.1. The van der Waals surface area contributed by atoms with Gasteiger partial charge in [0.15, 0.2) is 0 Å². The summed E-state index contributed by atoms with van der Waals surface area (Å²) in [5.41, 5.74) is 4.91. The van der Waals surface area contributed by atoms with Gasteiger partial charge < -0.3 is 19.9 Å². The molecule has 0 aliphatic heterocycles. The van der Waals surface area contributed by atoms with Crippen molar-refractivity contribution in [2.24, 2.45) is 0 Å². The quantitative estimate of drug-likeness (QED) is 0.686. The van der Waals surface area contributed by atoms with Crippen LogP contribution in [0.15, 0.2) is 30.3 Å². The number of carboxylic acids is 1. The Balaban J connectivity index is 2.38. The number of carboxylic acid groups (broad SMARTS) is 1. The number of rotatable bonds is 6. The van der Waals surface area contributed by atoms with Crippen LogP contribution in [0, 0.1) is 13.8 Å². The Bertz CT molecular complexity index is 804. The van der Waals surface area contributed by atoms with E-state index in [1.54, 1.807) is 19.1 Å². The minimum Gasteiger partial charge on any atom is -0.508 e. The Hall–Kier alpha value is -2.10. The molecule has 3 N–H and O–H groups in total. The third-order valence-electron chi connectivity index (χ3n) is 4.38. The number of benzene rings is 2. The highest BCUT2D eigenvalue weighted by Crippen LogP contribution is 2.34. The van der Waals surface area contributed by atoms with E-state index in [9.17, 15) is 19.6 Å². The van der Waals surface area contributed by atoms with E-state index in [-0.39, 0.29) is 12.2 Å². The molecule has 0 aromatic heterocycles. The molecule has 2 aromatic rings. The molecule has 0 heterocycles. The Morgan fingerprint density at radius 1 is 1.16 bits per heavy atom. The van der Waals surface area contributed by atoms with Gasteiger partial charge in [-0.2, -0.15) is 0 Å². The number of phenols is 1. The molecule has 2 rings (SSSR count). The molecule has 25 heavy (non-hydrogen) atoms. The van der Waals surface area contributed by atoms with Crippen molar-refractivity contribution < 1.29 is 24.7 Å². The van der Waals surface area contributed by atoms with Crippen molar-refractivity contribution in [3.63, 3.8) is 0 Å². The van der Waals surface area contributed by atoms with Crippen molar-refractivity contribution in [3.8, 4) is 5.75 Å². The van der Waals surface area contributed by atoms with Crippen LogP contribution in [0.25, 0.3) is 0 Å². The topological polar surface area (TPSA) is 94.8 Å². The Labute approximate surface area is 148 Å². The number of aliphatic carboxylic acids is 1. The second-order valence-corrected chi connectivity index (χ2v) is 7.92. The molecule has 0 bridgehead atoms. The lowest BCUT2D eigenvalue weighted by atomic mass is 9.92. The zero-order valence-corrected chi connectivity index (χ0v) is 15.7. The molecule has 2 aromatic carbocycles. The summed E-state index contributed by atoms with van der Waals surface area (Å²) in [6, 6.07) is 8.66. The van der Waals surface area contributed by atoms with Crippen molar-refractivity contribution in [3.05, 3.63) is 63.7 Å². The van der Waals surface area contributed by atoms with Crippen LogP contribution in [0.1, 0.15) is 40.3 Å². The van der Waals surface area contributed by atoms with E-state index in [1.165, 1.54) is 6.07 Å². The highest BCUT2D eigenvalue weighted by molar-refractivity contribution is 7.25. The monoisotopic (exact) mass is 362 g/mol. The molecule has 5 nitrogen and oxygen atoms in total. The molecule has 0 amide bonds. The van der Waals surface area contributed by atoms with Crippen molar-refractivity contribution in [2.75, 3.05) is 0 Å². The predicted molar refractivity (Wildman–Crippen MR) is 98.1 cm³/mol. The fourth-order valence-corrected chi connectivity index (χ4v) is 3.19. The molecule has 2 unspecified atom stereocenters. The van der Waals surface area contributed by atoms with Gasteiger partial charge in [-0.3, -0.25) is 4.79 Å². The van der Waals surface area contributed by atoms with Crippen LogP contribution in [-0.4, -0.2) is 21.3 Å². The third-order valence-corrected chi connectivity index (χ3v) is 5.17. The number of hydrogen-bond donors (Lipinski definition) is 3. The summed E-state index contributed by atoms with van der Waals surface area (Å²) in [6.45, 7) is 5.41. The lowest BCUT2D eigenvalue weighted by Crippen LogP contribution is -2.13. The third kappa shape index (κ3) is 4.50. The van der Waals surface area contributed by atoms with Gasteiger partial charge in [-0.25, -0.2) is 0 Å². The number of aromatic hydroxyl groups is 1. The van der Waals surface area contributed by atoms with Crippen LogP contribution in [0.2, 0.25) is 0 Å². The van der Waals surface area contributed by atoms with Gasteiger partial charge in [0.05, 0.1) is 14.9 Å². The number of hydrogen-bond acceptors (Lipinski definition) is 4. The predicted octanol–water partition coefficient (Wildman–Crippen LogP) is 3.15. The normalized spacial score (nSPS) is 13.9.